The van der Waals surface area contributed by atoms with Gasteiger partial charge in [-0.15, -0.1) is 11.3 Å². The fourth-order valence-corrected chi connectivity index (χ4v) is 2.61. The predicted molar refractivity (Wildman–Crippen MR) is 78.1 cm³/mol. The van der Waals surface area contributed by atoms with Crippen LogP contribution in [-0.2, 0) is 0 Å². The second-order valence-electron chi connectivity index (χ2n) is 3.90. The lowest BCUT2D eigenvalue weighted by Crippen LogP contribution is -2.01. The fraction of sp³-hybridized carbons (Fsp3) is 0.0769. The molecule has 3 N–H and O–H groups in total. The molecule has 0 saturated heterocycles. The number of nitrogen functional groups attached to an aromatic ring is 1. The quantitative estimate of drug-likeness (QED) is 0.766. The van der Waals surface area contributed by atoms with E-state index in [4.69, 9.17) is 10.5 Å². The number of rotatable bonds is 3. The molecule has 1 aromatic carbocycles. The number of aromatic nitrogens is 2. The molecule has 5 nitrogen and oxygen atoms in total. The number of methoxy groups -OCH3 is 1. The van der Waals surface area contributed by atoms with Gasteiger partial charge in [0.1, 0.15) is 16.4 Å². The van der Waals surface area contributed by atoms with E-state index in [9.17, 15) is 0 Å². The molecule has 19 heavy (non-hydrogen) atoms. The molecule has 0 radical (unpaired) electrons. The number of hydrogen-bond donors (Lipinski definition) is 2. The summed E-state index contributed by atoms with van der Waals surface area (Å²) in [4.78, 5) is 9.31. The highest BCUT2D eigenvalue weighted by Crippen LogP contribution is 2.31. The molecule has 0 unspecified atom stereocenters. The van der Waals surface area contributed by atoms with Gasteiger partial charge in [0, 0.05) is 0 Å². The number of ether oxygens (including phenoxy) is 1. The Morgan fingerprint density at radius 3 is 2.89 bits per heavy atom. The van der Waals surface area contributed by atoms with Gasteiger partial charge in [-0.3, -0.25) is 0 Å². The fourth-order valence-electron chi connectivity index (χ4n) is 1.84. The van der Waals surface area contributed by atoms with E-state index in [1.165, 1.54) is 11.3 Å². The van der Waals surface area contributed by atoms with E-state index in [0.717, 1.165) is 21.7 Å². The molecular weight excluding hydrogens is 260 g/mol. The summed E-state index contributed by atoms with van der Waals surface area (Å²) in [6, 6.07) is 9.63. The molecule has 6 heteroatoms. The highest BCUT2D eigenvalue weighted by Gasteiger charge is 2.09. The number of para-hydroxylation sites is 2. The van der Waals surface area contributed by atoms with E-state index in [-0.39, 0.29) is 5.95 Å². The largest absolute Gasteiger partial charge is 0.495 e. The molecule has 0 aliphatic rings. The van der Waals surface area contributed by atoms with Crippen molar-refractivity contribution in [1.82, 2.24) is 9.97 Å². The van der Waals surface area contributed by atoms with Crippen LogP contribution in [0.1, 0.15) is 0 Å². The van der Waals surface area contributed by atoms with Gasteiger partial charge in [-0.2, -0.15) is 4.98 Å². The lowest BCUT2D eigenvalue weighted by atomic mass is 10.3. The van der Waals surface area contributed by atoms with Gasteiger partial charge in [0.15, 0.2) is 0 Å². The Kier molecular flexibility index (Phi) is 2.92. The summed E-state index contributed by atoms with van der Waals surface area (Å²) in [5, 5.41) is 6.16. The van der Waals surface area contributed by atoms with Crippen LogP contribution in [-0.4, -0.2) is 17.1 Å². The second kappa shape index (κ2) is 4.74. The SMILES string of the molecule is COc1ccccc1Nc1nc(N)nc2sccc12. The molecule has 0 aliphatic heterocycles. The molecule has 0 atom stereocenters. The Morgan fingerprint density at radius 1 is 1.21 bits per heavy atom. The Balaban J connectivity index is 2.07. The first-order valence-corrected chi connectivity index (χ1v) is 6.56. The normalized spacial score (nSPS) is 10.6. The number of nitrogens with zero attached hydrogens (tertiary/aromatic N) is 2. The van der Waals surface area contributed by atoms with Crippen LogP contribution < -0.4 is 15.8 Å². The molecule has 0 bridgehead atoms. The van der Waals surface area contributed by atoms with E-state index < -0.39 is 0 Å². The Labute approximate surface area is 114 Å². The summed E-state index contributed by atoms with van der Waals surface area (Å²) in [6.45, 7) is 0. The van der Waals surface area contributed by atoms with Crippen molar-refractivity contribution in [2.24, 2.45) is 0 Å². The smallest absolute Gasteiger partial charge is 0.223 e. The molecule has 3 aromatic rings. The van der Waals surface area contributed by atoms with Gasteiger partial charge < -0.3 is 15.8 Å². The monoisotopic (exact) mass is 272 g/mol. The average Bonchev–Trinajstić information content (AvgIpc) is 2.87. The van der Waals surface area contributed by atoms with Gasteiger partial charge in [-0.05, 0) is 23.6 Å². The molecule has 0 aliphatic carbocycles. The van der Waals surface area contributed by atoms with Crippen molar-refractivity contribution in [2.75, 3.05) is 18.2 Å². The van der Waals surface area contributed by atoms with Gasteiger partial charge in [0.2, 0.25) is 5.95 Å². The first kappa shape index (κ1) is 11.7. The van der Waals surface area contributed by atoms with Crippen LogP contribution in [0.2, 0.25) is 0 Å². The van der Waals surface area contributed by atoms with E-state index in [1.54, 1.807) is 7.11 Å². The molecular formula is C13H12N4OS. The number of thiophene rings is 1. The van der Waals surface area contributed by atoms with E-state index in [0.29, 0.717) is 5.82 Å². The second-order valence-corrected chi connectivity index (χ2v) is 4.79. The highest BCUT2D eigenvalue weighted by atomic mass is 32.1. The van der Waals surface area contributed by atoms with Crippen LogP contribution in [0.5, 0.6) is 5.75 Å². The highest BCUT2D eigenvalue weighted by molar-refractivity contribution is 7.16. The van der Waals surface area contributed by atoms with Crippen LogP contribution in [0.15, 0.2) is 35.7 Å². The third kappa shape index (κ3) is 2.17. The van der Waals surface area contributed by atoms with Crippen molar-refractivity contribution in [3.05, 3.63) is 35.7 Å². The summed E-state index contributed by atoms with van der Waals surface area (Å²) >= 11 is 1.53. The maximum Gasteiger partial charge on any atom is 0.223 e. The minimum Gasteiger partial charge on any atom is -0.495 e. The number of hydrogen-bond acceptors (Lipinski definition) is 6. The molecule has 3 rings (SSSR count). The summed E-state index contributed by atoms with van der Waals surface area (Å²) in [5.41, 5.74) is 6.56. The van der Waals surface area contributed by atoms with Crippen molar-refractivity contribution in [1.29, 1.82) is 0 Å². The average molecular weight is 272 g/mol. The molecule has 96 valence electrons. The first-order chi connectivity index (χ1) is 9.28. The minimum absolute atomic E-state index is 0.257. The van der Waals surface area contributed by atoms with Crippen molar-refractivity contribution >= 4 is 39.0 Å². The Hall–Kier alpha value is -2.34. The first-order valence-electron chi connectivity index (χ1n) is 5.68. The maximum absolute atomic E-state index is 5.72. The van der Waals surface area contributed by atoms with Crippen LogP contribution in [0.3, 0.4) is 0 Å². The zero-order chi connectivity index (χ0) is 13.2. The standard InChI is InChI=1S/C13H12N4OS/c1-18-10-5-3-2-4-9(10)15-11-8-6-7-19-12(8)17-13(14)16-11/h2-7H,1H3,(H3,14,15,16,17). The topological polar surface area (TPSA) is 73.1 Å². The third-order valence-corrected chi connectivity index (χ3v) is 3.51. The predicted octanol–water partition coefficient (Wildman–Crippen LogP) is 3.03. The molecule has 0 spiro atoms. The van der Waals surface area contributed by atoms with Crippen molar-refractivity contribution in [3.8, 4) is 5.75 Å². The van der Waals surface area contributed by atoms with Crippen molar-refractivity contribution in [2.45, 2.75) is 0 Å². The third-order valence-electron chi connectivity index (χ3n) is 2.70. The summed E-state index contributed by atoms with van der Waals surface area (Å²) < 4.78 is 5.31. The molecule has 0 fully saturated rings. The van der Waals surface area contributed by atoms with Gasteiger partial charge >= 0.3 is 0 Å². The van der Waals surface area contributed by atoms with Gasteiger partial charge in [-0.1, -0.05) is 12.1 Å². The van der Waals surface area contributed by atoms with Gasteiger partial charge in [-0.25, -0.2) is 4.98 Å². The lowest BCUT2D eigenvalue weighted by Gasteiger charge is -2.11. The number of benzene rings is 1. The maximum atomic E-state index is 5.72. The molecule has 0 amide bonds. The van der Waals surface area contributed by atoms with Gasteiger partial charge in [0.25, 0.3) is 0 Å². The zero-order valence-electron chi connectivity index (χ0n) is 10.3. The van der Waals surface area contributed by atoms with Crippen LogP contribution in [0.25, 0.3) is 10.2 Å². The van der Waals surface area contributed by atoms with Crippen LogP contribution >= 0.6 is 11.3 Å². The van der Waals surface area contributed by atoms with Gasteiger partial charge in [0.05, 0.1) is 18.2 Å². The Morgan fingerprint density at radius 2 is 2.05 bits per heavy atom. The zero-order valence-corrected chi connectivity index (χ0v) is 11.1. The lowest BCUT2D eigenvalue weighted by molar-refractivity contribution is 0.417. The van der Waals surface area contributed by atoms with E-state index in [2.05, 4.69) is 15.3 Å². The summed E-state index contributed by atoms with van der Waals surface area (Å²) in [6.07, 6.45) is 0. The summed E-state index contributed by atoms with van der Waals surface area (Å²) in [7, 11) is 1.63. The van der Waals surface area contributed by atoms with Crippen molar-refractivity contribution < 1.29 is 4.74 Å². The Bertz CT molecular complexity index is 725. The molecule has 2 aromatic heterocycles. The molecule has 2 heterocycles. The van der Waals surface area contributed by atoms with Crippen LogP contribution in [0.4, 0.5) is 17.5 Å². The molecule has 0 saturated carbocycles. The number of nitrogens with one attached hydrogen (secondary N) is 1. The number of nitrogens with two attached hydrogens (primary N) is 1. The number of anilines is 3. The number of fused-ring (bicyclic) bond motifs is 1. The summed E-state index contributed by atoms with van der Waals surface area (Å²) in [5.74, 6) is 1.70. The van der Waals surface area contributed by atoms with E-state index >= 15 is 0 Å². The van der Waals surface area contributed by atoms with E-state index in [1.807, 2.05) is 35.7 Å². The van der Waals surface area contributed by atoms with Crippen molar-refractivity contribution in [3.63, 3.8) is 0 Å². The van der Waals surface area contributed by atoms with Crippen LogP contribution in [0, 0.1) is 0 Å². The minimum atomic E-state index is 0.257.